The van der Waals surface area contributed by atoms with Gasteiger partial charge in [-0.3, -0.25) is 0 Å². The van der Waals surface area contributed by atoms with Crippen molar-refractivity contribution >= 4 is 17.6 Å². The van der Waals surface area contributed by atoms with Gasteiger partial charge in [0, 0.05) is 11.1 Å². The Bertz CT molecular complexity index is 698. The van der Waals surface area contributed by atoms with Crippen LogP contribution in [0.5, 0.6) is 0 Å². The molecule has 0 radical (unpaired) electrons. The lowest BCUT2D eigenvalue weighted by Crippen LogP contribution is -2.08. The maximum Gasteiger partial charge on any atom is 0.218 e. The summed E-state index contributed by atoms with van der Waals surface area (Å²) in [5.41, 5.74) is 3.42. The van der Waals surface area contributed by atoms with E-state index in [1.165, 1.54) is 11.8 Å². The van der Waals surface area contributed by atoms with Gasteiger partial charge in [0.2, 0.25) is 5.16 Å². The van der Waals surface area contributed by atoms with Gasteiger partial charge >= 0.3 is 0 Å². The first-order chi connectivity index (χ1) is 9.86. The SMILES string of the molecule is NNc1cc(Sc2nnnn2-c2ccccc2)ccn1. The highest BCUT2D eigenvalue weighted by Gasteiger charge is 2.10. The predicted octanol–water partition coefficient (Wildman–Crippen LogP) is 1.49. The Morgan fingerprint density at radius 1 is 1.15 bits per heavy atom. The molecule has 0 spiro atoms. The maximum atomic E-state index is 5.35. The molecule has 3 N–H and O–H groups in total. The Labute approximate surface area is 119 Å². The second kappa shape index (κ2) is 5.68. The van der Waals surface area contributed by atoms with Crippen molar-refractivity contribution in [2.24, 2.45) is 5.84 Å². The third-order valence-electron chi connectivity index (χ3n) is 2.53. The highest BCUT2D eigenvalue weighted by atomic mass is 32.2. The van der Waals surface area contributed by atoms with Gasteiger partial charge < -0.3 is 5.43 Å². The number of para-hydroxylation sites is 1. The molecule has 8 heteroatoms. The fraction of sp³-hybridized carbons (Fsp3) is 0. The first-order valence-electron chi connectivity index (χ1n) is 5.81. The van der Waals surface area contributed by atoms with Crippen molar-refractivity contribution in [3.05, 3.63) is 48.7 Å². The summed E-state index contributed by atoms with van der Waals surface area (Å²) in [6.45, 7) is 0. The Kier molecular flexibility index (Phi) is 3.57. The van der Waals surface area contributed by atoms with Crippen LogP contribution in [0.1, 0.15) is 0 Å². The molecule has 0 unspecified atom stereocenters. The summed E-state index contributed by atoms with van der Waals surface area (Å²) in [7, 11) is 0. The number of hydrazine groups is 1. The summed E-state index contributed by atoms with van der Waals surface area (Å²) in [6.07, 6.45) is 1.67. The number of aromatic nitrogens is 5. The topological polar surface area (TPSA) is 94.5 Å². The first-order valence-corrected chi connectivity index (χ1v) is 6.63. The number of nitrogens with zero attached hydrogens (tertiary/aromatic N) is 5. The zero-order valence-corrected chi connectivity index (χ0v) is 11.2. The largest absolute Gasteiger partial charge is 0.308 e. The number of nitrogen functional groups attached to an aromatic ring is 1. The standard InChI is InChI=1S/C12H11N7S/c13-15-11-8-10(6-7-14-11)20-12-16-17-18-19(12)9-4-2-1-3-5-9/h1-8H,13H2,(H,14,15). The number of rotatable bonds is 4. The smallest absolute Gasteiger partial charge is 0.218 e. The Morgan fingerprint density at radius 3 is 2.80 bits per heavy atom. The third-order valence-corrected chi connectivity index (χ3v) is 3.46. The number of benzene rings is 1. The zero-order chi connectivity index (χ0) is 13.8. The monoisotopic (exact) mass is 285 g/mol. The van der Waals surface area contributed by atoms with Crippen LogP contribution >= 0.6 is 11.8 Å². The van der Waals surface area contributed by atoms with E-state index < -0.39 is 0 Å². The van der Waals surface area contributed by atoms with Crippen LogP contribution in [0.4, 0.5) is 5.82 Å². The summed E-state index contributed by atoms with van der Waals surface area (Å²) < 4.78 is 1.68. The average molecular weight is 285 g/mol. The van der Waals surface area contributed by atoms with Crippen LogP contribution in [-0.2, 0) is 0 Å². The van der Waals surface area contributed by atoms with Crippen LogP contribution < -0.4 is 11.3 Å². The van der Waals surface area contributed by atoms with Crippen molar-refractivity contribution in [3.63, 3.8) is 0 Å². The first kappa shape index (κ1) is 12.6. The normalized spacial score (nSPS) is 10.4. The van der Waals surface area contributed by atoms with Gasteiger partial charge in [-0.15, -0.1) is 5.10 Å². The molecule has 100 valence electrons. The molecule has 0 atom stereocenters. The van der Waals surface area contributed by atoms with Crippen LogP contribution in [-0.4, -0.2) is 25.2 Å². The van der Waals surface area contributed by atoms with Gasteiger partial charge in [0.25, 0.3) is 0 Å². The predicted molar refractivity (Wildman–Crippen MR) is 75.3 cm³/mol. The van der Waals surface area contributed by atoms with Crippen LogP contribution in [0.3, 0.4) is 0 Å². The number of nitrogens with one attached hydrogen (secondary N) is 1. The number of hydrogen-bond acceptors (Lipinski definition) is 7. The highest BCUT2D eigenvalue weighted by molar-refractivity contribution is 7.99. The molecule has 0 fully saturated rings. The number of nitrogens with two attached hydrogens (primary N) is 1. The van der Waals surface area contributed by atoms with E-state index in [0.717, 1.165) is 10.6 Å². The lowest BCUT2D eigenvalue weighted by molar-refractivity contribution is 0.756. The minimum Gasteiger partial charge on any atom is -0.308 e. The Balaban J connectivity index is 1.90. The van der Waals surface area contributed by atoms with Crippen LogP contribution in [0, 0.1) is 0 Å². The highest BCUT2D eigenvalue weighted by Crippen LogP contribution is 2.27. The van der Waals surface area contributed by atoms with Gasteiger partial charge in [0.05, 0.1) is 5.69 Å². The van der Waals surface area contributed by atoms with Gasteiger partial charge in [0.1, 0.15) is 5.82 Å². The zero-order valence-electron chi connectivity index (χ0n) is 10.3. The molecule has 0 saturated carbocycles. The van der Waals surface area contributed by atoms with Gasteiger partial charge in [-0.05, 0) is 46.5 Å². The minimum absolute atomic E-state index is 0.591. The Morgan fingerprint density at radius 2 is 2.00 bits per heavy atom. The average Bonchev–Trinajstić information content (AvgIpc) is 2.96. The number of pyridine rings is 1. The molecule has 0 aliphatic heterocycles. The number of hydrogen-bond donors (Lipinski definition) is 2. The molecular formula is C12H11N7S. The fourth-order valence-electron chi connectivity index (χ4n) is 1.63. The molecule has 0 aliphatic rings. The molecule has 0 aliphatic carbocycles. The van der Waals surface area contributed by atoms with Crippen LogP contribution in [0.2, 0.25) is 0 Å². The summed E-state index contributed by atoms with van der Waals surface area (Å²) >= 11 is 1.44. The maximum absolute atomic E-state index is 5.35. The van der Waals surface area contributed by atoms with E-state index in [2.05, 4.69) is 25.9 Å². The van der Waals surface area contributed by atoms with Crippen molar-refractivity contribution in [1.29, 1.82) is 0 Å². The lowest BCUT2D eigenvalue weighted by atomic mass is 10.3. The molecule has 7 nitrogen and oxygen atoms in total. The van der Waals surface area contributed by atoms with Crippen LogP contribution in [0.15, 0.2) is 58.7 Å². The van der Waals surface area contributed by atoms with E-state index in [9.17, 15) is 0 Å². The van der Waals surface area contributed by atoms with Crippen molar-refractivity contribution in [1.82, 2.24) is 25.2 Å². The number of anilines is 1. The quantitative estimate of drug-likeness (QED) is 0.554. The van der Waals surface area contributed by atoms with Crippen molar-refractivity contribution in [2.45, 2.75) is 10.1 Å². The van der Waals surface area contributed by atoms with Crippen LogP contribution in [0.25, 0.3) is 5.69 Å². The second-order valence-electron chi connectivity index (χ2n) is 3.83. The summed E-state index contributed by atoms with van der Waals surface area (Å²) in [5, 5.41) is 12.4. The van der Waals surface area contributed by atoms with E-state index in [1.54, 1.807) is 10.9 Å². The van der Waals surface area contributed by atoms with E-state index >= 15 is 0 Å². The fourth-order valence-corrected chi connectivity index (χ4v) is 2.45. The van der Waals surface area contributed by atoms with E-state index in [0.29, 0.717) is 11.0 Å². The molecule has 1 aromatic carbocycles. The molecule has 0 amide bonds. The van der Waals surface area contributed by atoms with Crippen molar-refractivity contribution in [3.8, 4) is 5.69 Å². The summed E-state index contributed by atoms with van der Waals surface area (Å²) in [4.78, 5) is 5.00. The van der Waals surface area contributed by atoms with Gasteiger partial charge in [-0.25, -0.2) is 10.8 Å². The minimum atomic E-state index is 0.591. The molecule has 3 aromatic rings. The van der Waals surface area contributed by atoms with Crippen molar-refractivity contribution in [2.75, 3.05) is 5.43 Å². The molecular weight excluding hydrogens is 274 g/mol. The molecule has 0 bridgehead atoms. The molecule has 0 saturated heterocycles. The van der Waals surface area contributed by atoms with E-state index in [-0.39, 0.29) is 0 Å². The lowest BCUT2D eigenvalue weighted by Gasteiger charge is -2.05. The molecule has 2 heterocycles. The second-order valence-corrected chi connectivity index (χ2v) is 4.87. The summed E-state index contributed by atoms with van der Waals surface area (Å²) in [5.74, 6) is 5.94. The van der Waals surface area contributed by atoms with Gasteiger partial charge in [-0.1, -0.05) is 18.2 Å². The van der Waals surface area contributed by atoms with Crippen molar-refractivity contribution < 1.29 is 0 Å². The summed E-state index contributed by atoms with van der Waals surface area (Å²) in [6, 6.07) is 13.4. The third kappa shape index (κ3) is 2.60. The van der Waals surface area contributed by atoms with Gasteiger partial charge in [0.15, 0.2) is 0 Å². The van der Waals surface area contributed by atoms with E-state index in [1.807, 2.05) is 42.5 Å². The van der Waals surface area contributed by atoms with E-state index in [4.69, 9.17) is 5.84 Å². The Hall–Kier alpha value is -2.45. The molecule has 3 rings (SSSR count). The molecule has 2 aromatic heterocycles. The van der Waals surface area contributed by atoms with Gasteiger partial charge in [-0.2, -0.15) is 4.68 Å². The number of tetrazole rings is 1. The molecule has 20 heavy (non-hydrogen) atoms.